The Morgan fingerprint density at radius 3 is 0.750 bits per heavy atom. The second-order valence-electron chi connectivity index (χ2n) is 5.83. The summed E-state index contributed by atoms with van der Waals surface area (Å²) in [4.78, 5) is 0. The van der Waals surface area contributed by atoms with Gasteiger partial charge in [0.2, 0.25) is 0 Å². The highest BCUT2D eigenvalue weighted by molar-refractivity contribution is 6.62. The van der Waals surface area contributed by atoms with Crippen LogP contribution in [0.2, 0.25) is 0 Å². The van der Waals surface area contributed by atoms with E-state index in [2.05, 4.69) is 0 Å². The minimum Gasteiger partial charge on any atom is -0.373 e. The van der Waals surface area contributed by atoms with E-state index in [1.54, 1.807) is 0 Å². The lowest BCUT2D eigenvalue weighted by Crippen LogP contribution is -2.60. The first kappa shape index (κ1) is 30.3. The largest absolute Gasteiger partial charge is 0.518 e. The molecule has 0 rings (SSSR count). The van der Waals surface area contributed by atoms with Gasteiger partial charge in [-0.25, -0.2) is 0 Å². The van der Waals surface area contributed by atoms with Crippen LogP contribution in [0.1, 0.15) is 68.2 Å². The summed E-state index contributed by atoms with van der Waals surface area (Å²) < 4.78 is 33.8. The van der Waals surface area contributed by atoms with E-state index in [-0.39, 0.29) is 11.3 Å². The van der Waals surface area contributed by atoms with E-state index in [4.69, 9.17) is 38.0 Å². The van der Waals surface area contributed by atoms with E-state index in [9.17, 15) is 0 Å². The second-order valence-corrected chi connectivity index (χ2v) is 11.5. The van der Waals surface area contributed by atoms with Gasteiger partial charge >= 0.3 is 17.6 Å². The molecule has 0 aromatic carbocycles. The lowest BCUT2D eigenvalue weighted by Gasteiger charge is -2.32. The molecule has 0 saturated heterocycles. The van der Waals surface area contributed by atoms with Crippen molar-refractivity contribution in [1.82, 2.24) is 0 Å². The van der Waals surface area contributed by atoms with Crippen LogP contribution in [-0.2, 0) is 26.6 Å². The average Bonchev–Trinajstić information content (AvgIpc) is 2.68. The SMILES string of the molecule is CCO[Si](OCC)(OCC)C(N)CC.CCO[Si](OCC)(OCC)C(N)CC. The summed E-state index contributed by atoms with van der Waals surface area (Å²) >= 11 is 0. The van der Waals surface area contributed by atoms with Gasteiger partial charge in [-0.2, -0.15) is 0 Å². The van der Waals surface area contributed by atoms with E-state index in [0.717, 1.165) is 12.8 Å². The summed E-state index contributed by atoms with van der Waals surface area (Å²) in [5.74, 6) is 0. The van der Waals surface area contributed by atoms with Crippen molar-refractivity contribution >= 4 is 17.6 Å². The fourth-order valence-corrected chi connectivity index (χ4v) is 7.80. The third kappa shape index (κ3) is 10.2. The van der Waals surface area contributed by atoms with Crippen molar-refractivity contribution in [3.05, 3.63) is 0 Å². The number of nitrogens with two attached hydrogens (primary N) is 2. The van der Waals surface area contributed by atoms with E-state index in [1.807, 2.05) is 55.4 Å². The monoisotopic (exact) mass is 442 g/mol. The van der Waals surface area contributed by atoms with Gasteiger partial charge in [0.05, 0.1) is 11.3 Å². The fraction of sp³-hybridized carbons (Fsp3) is 1.00. The van der Waals surface area contributed by atoms with Gasteiger partial charge in [0.25, 0.3) is 0 Å². The zero-order valence-electron chi connectivity index (χ0n) is 19.4. The van der Waals surface area contributed by atoms with Crippen molar-refractivity contribution in [2.45, 2.75) is 79.6 Å². The van der Waals surface area contributed by atoms with E-state index in [1.165, 1.54) is 0 Å². The van der Waals surface area contributed by atoms with Crippen LogP contribution in [0.4, 0.5) is 0 Å². The summed E-state index contributed by atoms with van der Waals surface area (Å²) in [6.07, 6.45) is 1.62. The summed E-state index contributed by atoms with van der Waals surface area (Å²) in [6, 6.07) is 0. The van der Waals surface area contributed by atoms with Gasteiger partial charge in [0, 0.05) is 39.6 Å². The molecule has 0 bridgehead atoms. The van der Waals surface area contributed by atoms with Crippen molar-refractivity contribution in [2.24, 2.45) is 11.5 Å². The maximum Gasteiger partial charge on any atom is 0.518 e. The molecule has 0 aromatic rings. The normalized spacial score (nSPS) is 14.4. The van der Waals surface area contributed by atoms with Crippen LogP contribution in [0.25, 0.3) is 0 Å². The Kier molecular flexibility index (Phi) is 19.4. The molecule has 8 nitrogen and oxygen atoms in total. The molecule has 0 aliphatic heterocycles. The number of rotatable bonds is 16. The van der Waals surface area contributed by atoms with Crippen LogP contribution < -0.4 is 11.5 Å². The van der Waals surface area contributed by atoms with Crippen LogP contribution in [0.5, 0.6) is 0 Å². The lowest BCUT2D eigenvalue weighted by atomic mass is 10.5. The third-order valence-electron chi connectivity index (χ3n) is 3.86. The molecular formula is C18H46N2O6Si2. The van der Waals surface area contributed by atoms with Crippen LogP contribution in [0, 0.1) is 0 Å². The van der Waals surface area contributed by atoms with Gasteiger partial charge in [-0.05, 0) is 54.4 Å². The van der Waals surface area contributed by atoms with Crippen LogP contribution >= 0.6 is 0 Å². The summed E-state index contributed by atoms with van der Waals surface area (Å²) in [5, 5.41) is 0. The molecule has 0 spiro atoms. The van der Waals surface area contributed by atoms with Gasteiger partial charge in [0.1, 0.15) is 0 Å². The number of hydrogen-bond donors (Lipinski definition) is 2. The van der Waals surface area contributed by atoms with Crippen LogP contribution in [-0.4, -0.2) is 68.6 Å². The highest BCUT2D eigenvalue weighted by Crippen LogP contribution is 2.16. The third-order valence-corrected chi connectivity index (χ3v) is 10.6. The Balaban J connectivity index is 0. The van der Waals surface area contributed by atoms with Crippen molar-refractivity contribution in [3.63, 3.8) is 0 Å². The predicted octanol–water partition coefficient (Wildman–Crippen LogP) is 2.62. The number of hydrogen-bond acceptors (Lipinski definition) is 8. The molecule has 0 saturated carbocycles. The topological polar surface area (TPSA) is 107 Å². The highest BCUT2D eigenvalue weighted by Gasteiger charge is 2.47. The molecule has 0 fully saturated rings. The molecular weight excluding hydrogens is 396 g/mol. The Labute approximate surface area is 175 Å². The molecule has 0 aromatic heterocycles. The van der Waals surface area contributed by atoms with Gasteiger partial charge in [-0.1, -0.05) is 13.8 Å². The molecule has 28 heavy (non-hydrogen) atoms. The van der Waals surface area contributed by atoms with Crippen LogP contribution in [0.15, 0.2) is 0 Å². The first-order valence-electron chi connectivity index (χ1n) is 10.7. The standard InChI is InChI=1S/2C9H23NO3Si/c2*1-5-9(10)14(11-6-2,12-7-3)13-8-4/h2*9H,5-8,10H2,1-4H3. The molecule has 10 heteroatoms. The van der Waals surface area contributed by atoms with Crippen molar-refractivity contribution in [2.75, 3.05) is 39.6 Å². The second kappa shape index (κ2) is 17.9. The molecule has 0 heterocycles. The van der Waals surface area contributed by atoms with Crippen LogP contribution in [0.3, 0.4) is 0 Å². The molecule has 2 unspecified atom stereocenters. The highest BCUT2D eigenvalue weighted by atomic mass is 28.4. The minimum atomic E-state index is -2.62. The van der Waals surface area contributed by atoms with Crippen molar-refractivity contribution in [1.29, 1.82) is 0 Å². The van der Waals surface area contributed by atoms with Gasteiger partial charge < -0.3 is 38.0 Å². The van der Waals surface area contributed by atoms with Crippen molar-refractivity contribution < 1.29 is 26.6 Å². The lowest BCUT2D eigenvalue weighted by molar-refractivity contribution is 0.0611. The molecule has 0 radical (unpaired) electrons. The maximum atomic E-state index is 6.00. The first-order chi connectivity index (χ1) is 13.3. The van der Waals surface area contributed by atoms with Gasteiger partial charge in [-0.15, -0.1) is 0 Å². The molecule has 0 aliphatic rings. The molecule has 2 atom stereocenters. The summed E-state index contributed by atoms with van der Waals surface area (Å²) in [5.41, 5.74) is 11.7. The molecule has 0 aliphatic carbocycles. The van der Waals surface area contributed by atoms with E-state index < -0.39 is 17.6 Å². The molecule has 4 N–H and O–H groups in total. The Bertz CT molecular complexity index is 290. The summed E-state index contributed by atoms with van der Waals surface area (Å²) in [7, 11) is -5.24. The zero-order valence-corrected chi connectivity index (χ0v) is 21.4. The Hall–Kier alpha value is 0.114. The fourth-order valence-electron chi connectivity index (χ4n) is 2.60. The quantitative estimate of drug-likeness (QED) is 0.351. The minimum absolute atomic E-state index is 0.123. The average molecular weight is 443 g/mol. The van der Waals surface area contributed by atoms with Crippen molar-refractivity contribution in [3.8, 4) is 0 Å². The van der Waals surface area contributed by atoms with E-state index in [0.29, 0.717) is 39.6 Å². The Morgan fingerprint density at radius 2 is 0.643 bits per heavy atom. The summed E-state index contributed by atoms with van der Waals surface area (Å²) in [6.45, 7) is 19.1. The molecule has 0 amide bonds. The molecule has 172 valence electrons. The maximum absolute atomic E-state index is 6.00. The first-order valence-corrected chi connectivity index (χ1v) is 14.3. The predicted molar refractivity (Wildman–Crippen MR) is 118 cm³/mol. The van der Waals surface area contributed by atoms with E-state index >= 15 is 0 Å². The van der Waals surface area contributed by atoms with Gasteiger partial charge in [0.15, 0.2) is 0 Å². The van der Waals surface area contributed by atoms with Gasteiger partial charge in [-0.3, -0.25) is 0 Å². The smallest absolute Gasteiger partial charge is 0.373 e. The Morgan fingerprint density at radius 1 is 0.464 bits per heavy atom. The zero-order chi connectivity index (χ0) is 22.1.